The van der Waals surface area contributed by atoms with E-state index in [0.29, 0.717) is 22.0 Å². The van der Waals surface area contributed by atoms with Crippen molar-refractivity contribution in [2.45, 2.75) is 32.7 Å². The Hall–Kier alpha value is -2.63. The number of hydrogen-bond donors (Lipinski definition) is 0. The molecule has 2 aromatic rings. The summed E-state index contributed by atoms with van der Waals surface area (Å²) in [5.41, 5.74) is 4.36. The summed E-state index contributed by atoms with van der Waals surface area (Å²) in [7, 11) is 4.06. The van der Waals surface area contributed by atoms with Crippen molar-refractivity contribution in [1.82, 2.24) is 9.80 Å². The van der Waals surface area contributed by atoms with Gasteiger partial charge < -0.3 is 9.80 Å². The molecule has 2 aliphatic rings. The molecule has 2 aromatic carbocycles. The van der Waals surface area contributed by atoms with E-state index in [1.54, 1.807) is 24.3 Å². The van der Waals surface area contributed by atoms with E-state index in [2.05, 4.69) is 18.0 Å². The number of anilines is 1. The van der Waals surface area contributed by atoms with E-state index in [1.165, 1.54) is 4.90 Å². The fourth-order valence-corrected chi connectivity index (χ4v) is 4.78. The monoisotopic (exact) mass is 437 g/mol. The molecule has 2 aliphatic heterocycles. The molecule has 0 N–H and O–H groups in total. The van der Waals surface area contributed by atoms with Crippen LogP contribution in [-0.4, -0.2) is 54.8 Å². The van der Waals surface area contributed by atoms with Crippen LogP contribution in [0.15, 0.2) is 48.2 Å². The van der Waals surface area contributed by atoms with E-state index < -0.39 is 0 Å². The molecule has 0 atom stereocenters. The second-order valence-corrected chi connectivity index (χ2v) is 9.05. The summed E-state index contributed by atoms with van der Waals surface area (Å²) >= 11 is 6.17. The van der Waals surface area contributed by atoms with Gasteiger partial charge in [0, 0.05) is 18.1 Å². The molecule has 0 unspecified atom stereocenters. The molecule has 0 saturated carbocycles. The maximum atomic E-state index is 13.7. The second kappa shape index (κ2) is 8.48. The zero-order valence-electron chi connectivity index (χ0n) is 18.5. The summed E-state index contributed by atoms with van der Waals surface area (Å²) in [5, 5.41) is 0.489. The van der Waals surface area contributed by atoms with Gasteiger partial charge in [-0.15, -0.1) is 0 Å². The van der Waals surface area contributed by atoms with Gasteiger partial charge in [-0.1, -0.05) is 41.4 Å². The Balaban J connectivity index is 1.83. The van der Waals surface area contributed by atoms with Gasteiger partial charge in [-0.05, 0) is 76.2 Å². The summed E-state index contributed by atoms with van der Waals surface area (Å²) in [6.45, 7) is 5.96. The Morgan fingerprint density at radius 3 is 2.35 bits per heavy atom. The van der Waals surface area contributed by atoms with Crippen molar-refractivity contribution in [3.05, 3.63) is 69.9 Å². The highest BCUT2D eigenvalue weighted by Crippen LogP contribution is 2.37. The Morgan fingerprint density at radius 2 is 1.71 bits per heavy atom. The van der Waals surface area contributed by atoms with Crippen LogP contribution in [0.4, 0.5) is 5.69 Å². The Morgan fingerprint density at radius 1 is 1.00 bits per heavy atom. The van der Waals surface area contributed by atoms with Gasteiger partial charge in [0.1, 0.15) is 5.70 Å². The highest BCUT2D eigenvalue weighted by Gasteiger charge is 2.43. The molecule has 2 heterocycles. The largest absolute Gasteiger partial charge is 0.366 e. The zero-order chi connectivity index (χ0) is 22.3. The van der Waals surface area contributed by atoms with Gasteiger partial charge in [-0.3, -0.25) is 9.59 Å². The van der Waals surface area contributed by atoms with Gasteiger partial charge in [-0.2, -0.15) is 0 Å². The Bertz CT molecular complexity index is 1070. The first-order chi connectivity index (χ1) is 14.8. The molecule has 31 heavy (non-hydrogen) atoms. The third kappa shape index (κ3) is 4.00. The third-order valence-corrected chi connectivity index (χ3v) is 6.60. The van der Waals surface area contributed by atoms with Crippen molar-refractivity contribution in [3.8, 4) is 0 Å². The number of aryl methyl sites for hydroxylation is 2. The number of rotatable bonds is 4. The maximum Gasteiger partial charge on any atom is 0.282 e. The van der Waals surface area contributed by atoms with Gasteiger partial charge in [0.2, 0.25) is 0 Å². The van der Waals surface area contributed by atoms with Crippen molar-refractivity contribution in [1.29, 1.82) is 0 Å². The molecular weight excluding hydrogens is 410 g/mol. The van der Waals surface area contributed by atoms with Gasteiger partial charge in [0.05, 0.1) is 11.3 Å². The molecule has 1 fully saturated rings. The standard InChI is InChI=1S/C25H28ClN3O2/c1-16-8-9-21(17(2)14-16)22-23(28(4)19-10-12-27(3)13-11-19)25(31)29(24(22)30)20-7-5-6-18(26)15-20/h5-9,14-15,19H,10-13H2,1-4H3. The number of imide groups is 1. The highest BCUT2D eigenvalue weighted by atomic mass is 35.5. The number of hydrogen-bond acceptors (Lipinski definition) is 4. The number of likely N-dealkylation sites (N-methyl/N-ethyl adjacent to an activating group) is 1. The van der Waals surface area contributed by atoms with Crippen molar-refractivity contribution in [2.75, 3.05) is 32.1 Å². The van der Waals surface area contributed by atoms with Gasteiger partial charge in [0.15, 0.2) is 0 Å². The summed E-state index contributed by atoms with van der Waals surface area (Å²) < 4.78 is 0. The van der Waals surface area contributed by atoms with Crippen molar-refractivity contribution < 1.29 is 9.59 Å². The average molecular weight is 438 g/mol. The molecule has 0 spiro atoms. The minimum absolute atomic E-state index is 0.211. The molecule has 0 bridgehead atoms. The predicted molar refractivity (Wildman–Crippen MR) is 125 cm³/mol. The summed E-state index contributed by atoms with van der Waals surface area (Å²) in [4.78, 5) is 33.0. The van der Waals surface area contributed by atoms with Crippen molar-refractivity contribution in [2.24, 2.45) is 0 Å². The molecule has 1 saturated heterocycles. The van der Waals surface area contributed by atoms with Gasteiger partial charge in [0.25, 0.3) is 11.8 Å². The lowest BCUT2D eigenvalue weighted by Gasteiger charge is -2.36. The average Bonchev–Trinajstić information content (AvgIpc) is 2.98. The minimum atomic E-state index is -0.297. The normalized spacial score (nSPS) is 18.3. The molecule has 4 rings (SSSR count). The number of piperidine rings is 1. The van der Waals surface area contributed by atoms with Crippen LogP contribution in [0, 0.1) is 13.8 Å². The van der Waals surface area contributed by atoms with E-state index in [0.717, 1.165) is 42.6 Å². The number of likely N-dealkylation sites (tertiary alicyclic amines) is 1. The Kier molecular flexibility index (Phi) is 5.91. The molecular formula is C25H28ClN3O2. The topological polar surface area (TPSA) is 43.9 Å². The highest BCUT2D eigenvalue weighted by molar-refractivity contribution is 6.45. The van der Waals surface area contributed by atoms with Crippen LogP contribution >= 0.6 is 11.6 Å². The van der Waals surface area contributed by atoms with Crippen LogP contribution in [0.25, 0.3) is 5.57 Å². The van der Waals surface area contributed by atoms with Crippen LogP contribution in [-0.2, 0) is 9.59 Å². The number of amides is 2. The van der Waals surface area contributed by atoms with E-state index in [9.17, 15) is 9.59 Å². The maximum absolute atomic E-state index is 13.7. The van der Waals surface area contributed by atoms with Crippen LogP contribution in [0.5, 0.6) is 0 Å². The van der Waals surface area contributed by atoms with Crippen molar-refractivity contribution in [3.63, 3.8) is 0 Å². The zero-order valence-corrected chi connectivity index (χ0v) is 19.2. The SMILES string of the molecule is Cc1ccc(C2=C(N(C)C3CCN(C)CC3)C(=O)N(c3cccc(Cl)c3)C2=O)c(C)c1. The fraction of sp³-hybridized carbons (Fsp3) is 0.360. The van der Waals surface area contributed by atoms with Crippen LogP contribution in [0.1, 0.15) is 29.5 Å². The lowest BCUT2D eigenvalue weighted by molar-refractivity contribution is -0.120. The summed E-state index contributed by atoms with van der Waals surface area (Å²) in [6.07, 6.45) is 1.91. The molecule has 5 nitrogen and oxygen atoms in total. The molecule has 6 heteroatoms. The quantitative estimate of drug-likeness (QED) is 0.670. The molecule has 2 amide bonds. The number of benzene rings is 2. The smallest absolute Gasteiger partial charge is 0.282 e. The van der Waals surface area contributed by atoms with Crippen molar-refractivity contribution >= 4 is 34.7 Å². The lowest BCUT2D eigenvalue weighted by Crippen LogP contribution is -2.43. The van der Waals surface area contributed by atoms with E-state index in [-0.39, 0.29) is 17.9 Å². The van der Waals surface area contributed by atoms with Gasteiger partial charge >= 0.3 is 0 Å². The summed E-state index contributed by atoms with van der Waals surface area (Å²) in [6, 6.07) is 13.1. The first-order valence-electron chi connectivity index (χ1n) is 10.7. The molecule has 0 aliphatic carbocycles. The van der Waals surface area contributed by atoms with E-state index in [4.69, 9.17) is 11.6 Å². The van der Waals surface area contributed by atoms with Crippen LogP contribution in [0.3, 0.4) is 0 Å². The number of nitrogens with zero attached hydrogens (tertiary/aromatic N) is 3. The first kappa shape index (κ1) is 21.6. The second-order valence-electron chi connectivity index (χ2n) is 8.61. The first-order valence-corrected chi connectivity index (χ1v) is 11.0. The van der Waals surface area contributed by atoms with Gasteiger partial charge in [-0.25, -0.2) is 4.90 Å². The Labute approximate surface area is 188 Å². The van der Waals surface area contributed by atoms with E-state index in [1.807, 2.05) is 37.9 Å². The molecule has 0 radical (unpaired) electrons. The number of carbonyl (C=O) groups excluding carboxylic acids is 2. The predicted octanol–water partition coefficient (Wildman–Crippen LogP) is 4.27. The molecule has 0 aromatic heterocycles. The van der Waals surface area contributed by atoms with Crippen LogP contribution < -0.4 is 4.90 Å². The van der Waals surface area contributed by atoms with Crippen LogP contribution in [0.2, 0.25) is 5.02 Å². The number of halogens is 1. The molecule has 162 valence electrons. The fourth-order valence-electron chi connectivity index (χ4n) is 4.60. The lowest BCUT2D eigenvalue weighted by atomic mass is 9.96. The number of carbonyl (C=O) groups is 2. The summed E-state index contributed by atoms with van der Waals surface area (Å²) in [5.74, 6) is -0.585. The third-order valence-electron chi connectivity index (χ3n) is 6.37. The minimum Gasteiger partial charge on any atom is -0.366 e. The van der Waals surface area contributed by atoms with E-state index >= 15 is 0 Å².